The average Bonchev–Trinajstić information content (AvgIpc) is 3.21. The van der Waals surface area contributed by atoms with Crippen LogP contribution in [0, 0.1) is 0 Å². The SMILES string of the molecule is O=C1CCC(c2ccccc2)CCNC(=O)CN(c2nc3ccc(Cl)cc3s2)CCCN1. The van der Waals surface area contributed by atoms with E-state index < -0.39 is 0 Å². The molecule has 1 aliphatic rings. The molecule has 0 saturated carbocycles. The highest BCUT2D eigenvalue weighted by molar-refractivity contribution is 7.22. The fourth-order valence-electron chi connectivity index (χ4n) is 3.97. The van der Waals surface area contributed by atoms with E-state index in [0.717, 1.165) is 34.6 Å². The summed E-state index contributed by atoms with van der Waals surface area (Å²) in [5.74, 6) is 0.290. The Morgan fingerprint density at radius 2 is 1.81 bits per heavy atom. The summed E-state index contributed by atoms with van der Waals surface area (Å²) < 4.78 is 0.992. The largest absolute Gasteiger partial charge is 0.356 e. The van der Waals surface area contributed by atoms with Gasteiger partial charge in [0.2, 0.25) is 11.8 Å². The van der Waals surface area contributed by atoms with Crippen LogP contribution in [0.3, 0.4) is 0 Å². The van der Waals surface area contributed by atoms with E-state index in [2.05, 4.69) is 22.8 Å². The van der Waals surface area contributed by atoms with Gasteiger partial charge in [0.15, 0.2) is 5.13 Å². The van der Waals surface area contributed by atoms with Crippen molar-refractivity contribution in [3.8, 4) is 0 Å². The van der Waals surface area contributed by atoms with Crippen LogP contribution in [0.1, 0.15) is 37.2 Å². The van der Waals surface area contributed by atoms with Gasteiger partial charge in [0, 0.05) is 31.1 Å². The van der Waals surface area contributed by atoms with Crippen LogP contribution in [-0.2, 0) is 9.59 Å². The minimum atomic E-state index is -0.0183. The molecule has 32 heavy (non-hydrogen) atoms. The van der Waals surface area contributed by atoms with Crippen molar-refractivity contribution >= 4 is 50.1 Å². The maximum absolute atomic E-state index is 12.7. The second-order valence-corrected chi connectivity index (χ2v) is 9.46. The normalized spacial score (nSPS) is 19.3. The fourth-order valence-corrected chi connectivity index (χ4v) is 5.24. The third-order valence-corrected chi connectivity index (χ3v) is 6.99. The van der Waals surface area contributed by atoms with Gasteiger partial charge in [-0.25, -0.2) is 4.98 Å². The monoisotopic (exact) mass is 470 g/mol. The van der Waals surface area contributed by atoms with Gasteiger partial charge in [0.1, 0.15) is 0 Å². The third kappa shape index (κ3) is 5.99. The van der Waals surface area contributed by atoms with E-state index >= 15 is 0 Å². The van der Waals surface area contributed by atoms with E-state index in [4.69, 9.17) is 16.6 Å². The Morgan fingerprint density at radius 1 is 1.00 bits per heavy atom. The number of hydrogen-bond acceptors (Lipinski definition) is 5. The molecule has 1 saturated heterocycles. The zero-order valence-electron chi connectivity index (χ0n) is 17.9. The Balaban J connectivity index is 1.48. The van der Waals surface area contributed by atoms with E-state index in [1.54, 1.807) is 0 Å². The predicted octanol–water partition coefficient (Wildman–Crippen LogP) is 4.35. The lowest BCUT2D eigenvalue weighted by atomic mass is 9.91. The number of nitrogens with zero attached hydrogens (tertiary/aromatic N) is 2. The van der Waals surface area contributed by atoms with Crippen LogP contribution in [-0.4, -0.2) is 43.0 Å². The van der Waals surface area contributed by atoms with Crippen molar-refractivity contribution in [2.24, 2.45) is 0 Å². The highest BCUT2D eigenvalue weighted by atomic mass is 35.5. The van der Waals surface area contributed by atoms with Crippen LogP contribution in [0.4, 0.5) is 5.13 Å². The number of thiazole rings is 1. The van der Waals surface area contributed by atoms with Crippen LogP contribution in [0.25, 0.3) is 10.2 Å². The highest BCUT2D eigenvalue weighted by Crippen LogP contribution is 2.31. The quantitative estimate of drug-likeness (QED) is 0.584. The first kappa shape index (κ1) is 22.6. The zero-order chi connectivity index (χ0) is 22.3. The maximum atomic E-state index is 12.7. The topological polar surface area (TPSA) is 74.3 Å². The molecular weight excluding hydrogens is 444 g/mol. The van der Waals surface area contributed by atoms with E-state index in [-0.39, 0.29) is 24.3 Å². The molecule has 1 aliphatic heterocycles. The minimum Gasteiger partial charge on any atom is -0.356 e. The molecule has 8 heteroatoms. The number of nitrogens with one attached hydrogen (secondary N) is 2. The lowest BCUT2D eigenvalue weighted by Crippen LogP contribution is -2.39. The van der Waals surface area contributed by atoms with Crippen LogP contribution >= 0.6 is 22.9 Å². The Kier molecular flexibility index (Phi) is 7.60. The van der Waals surface area contributed by atoms with Gasteiger partial charge < -0.3 is 15.5 Å². The molecule has 2 aromatic carbocycles. The van der Waals surface area contributed by atoms with Gasteiger partial charge in [-0.15, -0.1) is 0 Å². The first-order chi connectivity index (χ1) is 15.6. The molecule has 4 rings (SSSR count). The summed E-state index contributed by atoms with van der Waals surface area (Å²) in [6, 6.07) is 15.8. The summed E-state index contributed by atoms with van der Waals surface area (Å²) in [4.78, 5) is 31.8. The zero-order valence-corrected chi connectivity index (χ0v) is 19.4. The molecule has 168 valence electrons. The number of carbonyl (C=O) groups excluding carboxylic acids is 2. The third-order valence-electron chi connectivity index (χ3n) is 5.68. The highest BCUT2D eigenvalue weighted by Gasteiger charge is 2.18. The molecular formula is C24H27ClN4O2S. The van der Waals surface area contributed by atoms with Crippen molar-refractivity contribution < 1.29 is 9.59 Å². The molecule has 0 bridgehead atoms. The molecule has 1 aromatic heterocycles. The van der Waals surface area contributed by atoms with E-state index in [1.807, 2.05) is 41.3 Å². The van der Waals surface area contributed by atoms with Crippen LogP contribution in [0.15, 0.2) is 48.5 Å². The number of halogens is 1. The number of aromatic nitrogens is 1. The van der Waals surface area contributed by atoms with Crippen LogP contribution in [0.5, 0.6) is 0 Å². The van der Waals surface area contributed by atoms with Gasteiger partial charge in [-0.3, -0.25) is 9.59 Å². The predicted molar refractivity (Wildman–Crippen MR) is 131 cm³/mol. The molecule has 1 unspecified atom stereocenters. The molecule has 0 spiro atoms. The minimum absolute atomic E-state index is 0.0183. The first-order valence-corrected chi connectivity index (χ1v) is 12.2. The summed E-state index contributed by atoms with van der Waals surface area (Å²) in [5.41, 5.74) is 2.07. The van der Waals surface area contributed by atoms with Crippen molar-refractivity contribution in [1.82, 2.24) is 15.6 Å². The Hall–Kier alpha value is -2.64. The van der Waals surface area contributed by atoms with Gasteiger partial charge >= 0.3 is 0 Å². The second kappa shape index (κ2) is 10.8. The maximum Gasteiger partial charge on any atom is 0.239 e. The van der Waals surface area contributed by atoms with Gasteiger partial charge in [-0.1, -0.05) is 53.3 Å². The molecule has 2 amide bonds. The van der Waals surface area contributed by atoms with E-state index in [0.29, 0.717) is 31.1 Å². The average molecular weight is 471 g/mol. The van der Waals surface area contributed by atoms with Crippen molar-refractivity contribution in [3.63, 3.8) is 0 Å². The fraction of sp³-hybridized carbons (Fsp3) is 0.375. The summed E-state index contributed by atoms with van der Waals surface area (Å²) in [6.45, 7) is 2.01. The molecule has 1 fully saturated rings. The lowest BCUT2D eigenvalue weighted by Gasteiger charge is -2.23. The molecule has 0 aliphatic carbocycles. The molecule has 0 radical (unpaired) electrons. The molecule has 2 N–H and O–H groups in total. The summed E-state index contributed by atoms with van der Waals surface area (Å²) >= 11 is 7.64. The summed E-state index contributed by atoms with van der Waals surface area (Å²) in [7, 11) is 0. The van der Waals surface area contributed by atoms with Crippen molar-refractivity contribution in [2.75, 3.05) is 31.1 Å². The number of benzene rings is 2. The standard InChI is InChI=1S/C24H27ClN4O2S/c25-19-8-9-20-21(15-19)32-24(28-20)29-14-4-12-26-22(30)10-7-18(11-13-27-23(31)16-29)17-5-2-1-3-6-17/h1-3,5-6,8-9,15,18H,4,7,10-14,16H2,(H,26,30)(H,27,31). The van der Waals surface area contributed by atoms with Crippen LogP contribution in [0.2, 0.25) is 5.02 Å². The molecule has 6 nitrogen and oxygen atoms in total. The number of amides is 2. The number of anilines is 1. The Morgan fingerprint density at radius 3 is 2.66 bits per heavy atom. The summed E-state index contributed by atoms with van der Waals surface area (Å²) in [6.07, 6.45) is 2.78. The lowest BCUT2D eigenvalue weighted by molar-refractivity contribution is -0.122. The molecule has 3 aromatic rings. The Labute approximate surface area is 197 Å². The molecule has 2 heterocycles. The van der Waals surface area contributed by atoms with Gasteiger partial charge in [-0.2, -0.15) is 0 Å². The number of rotatable bonds is 2. The summed E-state index contributed by atoms with van der Waals surface area (Å²) in [5, 5.41) is 7.55. The van der Waals surface area contributed by atoms with Crippen molar-refractivity contribution in [2.45, 2.75) is 31.6 Å². The Bertz CT molecular complexity index is 1070. The smallest absolute Gasteiger partial charge is 0.239 e. The van der Waals surface area contributed by atoms with E-state index in [9.17, 15) is 9.59 Å². The van der Waals surface area contributed by atoms with Gasteiger partial charge in [0.05, 0.1) is 16.8 Å². The molecule has 1 atom stereocenters. The first-order valence-electron chi connectivity index (χ1n) is 11.0. The van der Waals surface area contributed by atoms with E-state index in [1.165, 1.54) is 16.9 Å². The van der Waals surface area contributed by atoms with Gasteiger partial charge in [0.25, 0.3) is 0 Å². The number of fused-ring (bicyclic) bond motifs is 1. The number of hydrogen-bond donors (Lipinski definition) is 2. The second-order valence-electron chi connectivity index (χ2n) is 8.02. The van der Waals surface area contributed by atoms with Crippen molar-refractivity contribution in [3.05, 3.63) is 59.1 Å². The van der Waals surface area contributed by atoms with Crippen molar-refractivity contribution in [1.29, 1.82) is 0 Å². The number of carbonyl (C=O) groups is 2. The van der Waals surface area contributed by atoms with Crippen LogP contribution < -0.4 is 15.5 Å². The van der Waals surface area contributed by atoms with Gasteiger partial charge in [-0.05, 0) is 48.9 Å².